The highest BCUT2D eigenvalue weighted by Crippen LogP contribution is 2.35. The number of hydrogen-bond donors (Lipinski definition) is 1. The van der Waals surface area contributed by atoms with Crippen LogP contribution in [0.25, 0.3) is 0 Å². The molecule has 0 amide bonds. The molecule has 0 aliphatic rings. The lowest BCUT2D eigenvalue weighted by Crippen LogP contribution is -2.15. The smallest absolute Gasteiger partial charge is 0.141 e. The van der Waals surface area contributed by atoms with Gasteiger partial charge in [-0.05, 0) is 24.3 Å². The number of halogens is 1. The van der Waals surface area contributed by atoms with E-state index >= 15 is 0 Å². The van der Waals surface area contributed by atoms with E-state index in [2.05, 4.69) is 4.98 Å². The summed E-state index contributed by atoms with van der Waals surface area (Å²) in [5, 5.41) is 0. The van der Waals surface area contributed by atoms with Gasteiger partial charge in [-0.2, -0.15) is 0 Å². The first-order valence-corrected chi connectivity index (χ1v) is 5.75. The molecule has 2 N–H and O–H groups in total. The van der Waals surface area contributed by atoms with Gasteiger partial charge in [0.05, 0.1) is 37.7 Å². The van der Waals surface area contributed by atoms with Crippen molar-refractivity contribution in [2.24, 2.45) is 5.73 Å². The Balaban J connectivity index is 2.47. The van der Waals surface area contributed by atoms with Crippen LogP contribution < -0.4 is 15.2 Å². The SMILES string of the molecule is COc1cccc(OC)c1C(N)c1ccc(F)cn1. The molecule has 1 aromatic heterocycles. The number of rotatable bonds is 4. The van der Waals surface area contributed by atoms with Crippen molar-refractivity contribution in [1.82, 2.24) is 4.98 Å². The summed E-state index contributed by atoms with van der Waals surface area (Å²) in [5.74, 6) is 0.818. The van der Waals surface area contributed by atoms with Crippen molar-refractivity contribution in [3.05, 3.63) is 53.6 Å². The van der Waals surface area contributed by atoms with Crippen LogP contribution in [-0.4, -0.2) is 19.2 Å². The Morgan fingerprint density at radius 3 is 2.21 bits per heavy atom. The van der Waals surface area contributed by atoms with Crippen LogP contribution in [-0.2, 0) is 0 Å². The van der Waals surface area contributed by atoms with Crippen molar-refractivity contribution < 1.29 is 13.9 Å². The molecule has 0 fully saturated rings. The van der Waals surface area contributed by atoms with E-state index in [-0.39, 0.29) is 0 Å². The summed E-state index contributed by atoms with van der Waals surface area (Å²) in [6.45, 7) is 0. The van der Waals surface area contributed by atoms with Gasteiger partial charge in [-0.15, -0.1) is 0 Å². The molecule has 0 saturated carbocycles. The van der Waals surface area contributed by atoms with E-state index in [9.17, 15) is 4.39 Å². The maximum absolute atomic E-state index is 12.9. The van der Waals surface area contributed by atoms with Gasteiger partial charge in [0.1, 0.15) is 17.3 Å². The average molecular weight is 262 g/mol. The predicted molar refractivity (Wildman–Crippen MR) is 69.8 cm³/mol. The lowest BCUT2D eigenvalue weighted by molar-refractivity contribution is 0.382. The Morgan fingerprint density at radius 2 is 1.74 bits per heavy atom. The van der Waals surface area contributed by atoms with Gasteiger partial charge in [0.25, 0.3) is 0 Å². The maximum atomic E-state index is 12.9. The third-order valence-corrected chi connectivity index (χ3v) is 2.85. The lowest BCUT2D eigenvalue weighted by atomic mass is 10.0. The number of pyridine rings is 1. The van der Waals surface area contributed by atoms with Crippen molar-refractivity contribution in [2.75, 3.05) is 14.2 Å². The number of benzene rings is 1. The highest BCUT2D eigenvalue weighted by molar-refractivity contribution is 5.49. The van der Waals surface area contributed by atoms with Crippen LogP contribution in [0.1, 0.15) is 17.3 Å². The van der Waals surface area contributed by atoms with Crippen molar-refractivity contribution in [1.29, 1.82) is 0 Å². The lowest BCUT2D eigenvalue weighted by Gasteiger charge is -2.18. The summed E-state index contributed by atoms with van der Waals surface area (Å²) in [6, 6.07) is 7.72. The van der Waals surface area contributed by atoms with Crippen LogP contribution in [0.2, 0.25) is 0 Å². The Kier molecular flexibility index (Phi) is 3.97. The van der Waals surface area contributed by atoms with Crippen LogP contribution in [0.5, 0.6) is 11.5 Å². The number of aromatic nitrogens is 1. The summed E-state index contributed by atoms with van der Waals surface area (Å²) in [6.07, 6.45) is 1.14. The van der Waals surface area contributed by atoms with E-state index < -0.39 is 11.9 Å². The van der Waals surface area contributed by atoms with Gasteiger partial charge >= 0.3 is 0 Å². The molecule has 0 aliphatic heterocycles. The fourth-order valence-corrected chi connectivity index (χ4v) is 1.91. The summed E-state index contributed by atoms with van der Waals surface area (Å²) >= 11 is 0. The first-order valence-electron chi connectivity index (χ1n) is 5.75. The summed E-state index contributed by atoms with van der Waals surface area (Å²) < 4.78 is 23.5. The molecule has 0 saturated heterocycles. The van der Waals surface area contributed by atoms with Crippen LogP contribution in [0, 0.1) is 5.82 Å². The van der Waals surface area contributed by atoms with Crippen LogP contribution in [0.15, 0.2) is 36.5 Å². The minimum atomic E-state index is -0.549. The van der Waals surface area contributed by atoms with E-state index in [4.69, 9.17) is 15.2 Å². The minimum Gasteiger partial charge on any atom is -0.496 e. The van der Waals surface area contributed by atoms with Crippen LogP contribution >= 0.6 is 0 Å². The van der Waals surface area contributed by atoms with Gasteiger partial charge in [0, 0.05) is 0 Å². The van der Waals surface area contributed by atoms with E-state index in [1.54, 1.807) is 32.4 Å². The normalized spacial score (nSPS) is 12.0. The highest BCUT2D eigenvalue weighted by Gasteiger charge is 2.20. The molecule has 0 bridgehead atoms. The predicted octanol–water partition coefficient (Wildman–Crippen LogP) is 2.29. The second kappa shape index (κ2) is 5.67. The maximum Gasteiger partial charge on any atom is 0.141 e. The zero-order valence-corrected chi connectivity index (χ0v) is 10.8. The number of ether oxygens (including phenoxy) is 2. The number of nitrogens with zero attached hydrogens (tertiary/aromatic N) is 1. The third-order valence-electron chi connectivity index (χ3n) is 2.85. The Hall–Kier alpha value is -2.14. The Morgan fingerprint density at radius 1 is 1.11 bits per heavy atom. The summed E-state index contributed by atoms with van der Waals surface area (Å²) in [7, 11) is 3.12. The summed E-state index contributed by atoms with van der Waals surface area (Å²) in [5.41, 5.74) is 7.41. The van der Waals surface area contributed by atoms with Gasteiger partial charge in [0.2, 0.25) is 0 Å². The van der Waals surface area contributed by atoms with Gasteiger partial charge in [0.15, 0.2) is 0 Å². The molecule has 1 unspecified atom stereocenters. The molecular weight excluding hydrogens is 247 g/mol. The van der Waals surface area contributed by atoms with E-state index in [0.717, 1.165) is 6.20 Å². The molecule has 0 radical (unpaired) electrons. The molecule has 0 spiro atoms. The average Bonchev–Trinajstić information content (AvgIpc) is 2.46. The number of methoxy groups -OCH3 is 2. The van der Waals surface area contributed by atoms with E-state index in [1.165, 1.54) is 6.07 Å². The van der Waals surface area contributed by atoms with Gasteiger partial charge < -0.3 is 15.2 Å². The minimum absolute atomic E-state index is 0.400. The zero-order valence-electron chi connectivity index (χ0n) is 10.8. The largest absolute Gasteiger partial charge is 0.496 e. The first-order chi connectivity index (χ1) is 9.17. The standard InChI is InChI=1S/C14H15FN2O2/c1-18-11-4-3-5-12(19-2)13(11)14(16)10-7-6-9(15)8-17-10/h3-8,14H,16H2,1-2H3. The molecule has 4 nitrogen and oxygen atoms in total. The summed E-state index contributed by atoms with van der Waals surface area (Å²) in [4.78, 5) is 3.99. The van der Waals surface area contributed by atoms with Crippen LogP contribution in [0.3, 0.4) is 0 Å². The second-order valence-corrected chi connectivity index (χ2v) is 3.96. The van der Waals surface area contributed by atoms with E-state index in [1.807, 2.05) is 6.07 Å². The van der Waals surface area contributed by atoms with Crippen molar-refractivity contribution >= 4 is 0 Å². The van der Waals surface area contributed by atoms with Crippen molar-refractivity contribution in [3.63, 3.8) is 0 Å². The Bertz CT molecular complexity index is 536. The van der Waals surface area contributed by atoms with Gasteiger partial charge in [-0.3, -0.25) is 4.98 Å². The molecule has 5 heteroatoms. The molecule has 19 heavy (non-hydrogen) atoms. The van der Waals surface area contributed by atoms with Gasteiger partial charge in [-0.1, -0.05) is 6.07 Å². The van der Waals surface area contributed by atoms with E-state index in [0.29, 0.717) is 22.8 Å². The molecule has 0 aliphatic carbocycles. The Labute approximate surface area is 111 Å². The number of nitrogens with two attached hydrogens (primary N) is 1. The third kappa shape index (κ3) is 2.66. The zero-order chi connectivity index (χ0) is 13.8. The monoisotopic (exact) mass is 262 g/mol. The molecular formula is C14H15FN2O2. The first kappa shape index (κ1) is 13.3. The second-order valence-electron chi connectivity index (χ2n) is 3.96. The highest BCUT2D eigenvalue weighted by atomic mass is 19.1. The fraction of sp³-hybridized carbons (Fsp3) is 0.214. The topological polar surface area (TPSA) is 57.4 Å². The molecule has 100 valence electrons. The molecule has 2 rings (SSSR count). The molecule has 1 heterocycles. The fourth-order valence-electron chi connectivity index (χ4n) is 1.91. The van der Waals surface area contributed by atoms with Gasteiger partial charge in [-0.25, -0.2) is 4.39 Å². The van der Waals surface area contributed by atoms with Crippen LogP contribution in [0.4, 0.5) is 4.39 Å². The van der Waals surface area contributed by atoms with Crippen molar-refractivity contribution in [3.8, 4) is 11.5 Å². The van der Waals surface area contributed by atoms with Crippen molar-refractivity contribution in [2.45, 2.75) is 6.04 Å². The quantitative estimate of drug-likeness (QED) is 0.918. The molecule has 1 aromatic carbocycles. The number of hydrogen-bond acceptors (Lipinski definition) is 4. The molecule has 1 atom stereocenters. The molecule has 2 aromatic rings.